The van der Waals surface area contributed by atoms with Crippen LogP contribution in [0.1, 0.15) is 77.5 Å². The molecule has 5 rings (SSSR count). The molecule has 4 atom stereocenters. The fraction of sp³-hybridized carbons (Fsp3) is 0.690. The fourth-order valence-corrected chi connectivity index (χ4v) is 8.55. The molecule has 0 saturated heterocycles. The number of thioether (sulfide) groups is 1. The number of hydrogen-bond donors (Lipinski definition) is 0. The number of nitrogens with zero attached hydrogens (tertiary/aromatic N) is 2. The normalized spacial score (nSPS) is 31.8. The third-order valence-corrected chi connectivity index (χ3v) is 10.7. The van der Waals surface area contributed by atoms with Crippen LogP contribution in [0.15, 0.2) is 33.2 Å². The summed E-state index contributed by atoms with van der Waals surface area (Å²) >= 11 is 1.63. The summed E-state index contributed by atoms with van der Waals surface area (Å²) in [5.74, 6) is 2.31. The lowest BCUT2D eigenvalue weighted by Gasteiger charge is -2.57. The molecule has 1 fully saturated rings. The molecule has 2 heterocycles. The lowest BCUT2D eigenvalue weighted by Crippen LogP contribution is -2.53. The number of carbonyl (C=O) groups excluding carboxylic acids is 1. The van der Waals surface area contributed by atoms with E-state index in [0.717, 1.165) is 42.4 Å². The monoisotopic (exact) mass is 496 g/mol. The van der Waals surface area contributed by atoms with Gasteiger partial charge in [0.25, 0.3) is 5.56 Å². The van der Waals surface area contributed by atoms with Gasteiger partial charge in [-0.15, -0.1) is 0 Å². The molecule has 190 valence electrons. The first-order valence-electron chi connectivity index (χ1n) is 13.5. The minimum Gasteiger partial charge on any atom is -0.465 e. The number of ether oxygens (including phenoxy) is 1. The van der Waals surface area contributed by atoms with E-state index in [0.29, 0.717) is 29.7 Å². The molecule has 1 saturated carbocycles. The number of aromatic nitrogens is 2. The zero-order valence-electron chi connectivity index (χ0n) is 22.0. The van der Waals surface area contributed by atoms with Gasteiger partial charge in [0.1, 0.15) is 0 Å². The van der Waals surface area contributed by atoms with E-state index in [1.165, 1.54) is 24.8 Å². The first kappa shape index (κ1) is 24.9. The van der Waals surface area contributed by atoms with E-state index in [9.17, 15) is 9.59 Å². The molecule has 0 amide bonds. The highest BCUT2D eigenvalue weighted by Crippen LogP contribution is 2.62. The van der Waals surface area contributed by atoms with Crippen molar-refractivity contribution in [3.8, 4) is 0 Å². The molecule has 0 radical (unpaired) electrons. The molecule has 0 bridgehead atoms. The van der Waals surface area contributed by atoms with Gasteiger partial charge >= 0.3 is 5.97 Å². The van der Waals surface area contributed by atoms with E-state index in [4.69, 9.17) is 4.74 Å². The van der Waals surface area contributed by atoms with Crippen molar-refractivity contribution in [1.29, 1.82) is 0 Å². The fourth-order valence-electron chi connectivity index (χ4n) is 7.57. The molecule has 0 N–H and O–H groups in total. The summed E-state index contributed by atoms with van der Waals surface area (Å²) in [4.78, 5) is 30.4. The standard InChI is InChI=1S/C29H40N2O3S/c1-18(2)20-7-9-23-21(17-20)8-10-24-28(23,4)12-6-13-29(24,5)26(33)34-15-11-22-19(3)31-14-16-35-27(31)30-25(22)32/h8,17-18,23-24H,6-7,9-16H2,1-5H3. The van der Waals surface area contributed by atoms with Gasteiger partial charge in [-0.05, 0) is 74.7 Å². The number of esters is 1. The highest BCUT2D eigenvalue weighted by molar-refractivity contribution is 7.99. The van der Waals surface area contributed by atoms with Gasteiger partial charge in [0.2, 0.25) is 0 Å². The second-order valence-corrected chi connectivity index (χ2v) is 12.9. The Morgan fingerprint density at radius 1 is 1.31 bits per heavy atom. The van der Waals surface area contributed by atoms with Crippen LogP contribution < -0.4 is 5.56 Å². The molecule has 1 aliphatic heterocycles. The number of rotatable bonds is 5. The Labute approximate surface area is 213 Å². The summed E-state index contributed by atoms with van der Waals surface area (Å²) in [7, 11) is 0. The van der Waals surface area contributed by atoms with Crippen molar-refractivity contribution in [2.75, 3.05) is 12.4 Å². The van der Waals surface area contributed by atoms with Gasteiger partial charge < -0.3 is 9.30 Å². The second-order valence-electron chi connectivity index (χ2n) is 11.9. The van der Waals surface area contributed by atoms with Crippen LogP contribution in [-0.4, -0.2) is 27.9 Å². The molecule has 0 spiro atoms. The molecular formula is C29H40N2O3S. The maximum atomic E-state index is 13.6. The summed E-state index contributed by atoms with van der Waals surface area (Å²) in [6, 6.07) is 0. The summed E-state index contributed by atoms with van der Waals surface area (Å²) in [5.41, 5.74) is 4.20. The van der Waals surface area contributed by atoms with Crippen LogP contribution in [0, 0.1) is 35.5 Å². The van der Waals surface area contributed by atoms with Crippen molar-refractivity contribution in [3.63, 3.8) is 0 Å². The lowest BCUT2D eigenvalue weighted by molar-refractivity contribution is -0.169. The van der Waals surface area contributed by atoms with E-state index in [-0.39, 0.29) is 23.6 Å². The first-order valence-corrected chi connectivity index (χ1v) is 14.4. The minimum absolute atomic E-state index is 0.0816. The third kappa shape index (κ3) is 4.14. The van der Waals surface area contributed by atoms with Gasteiger partial charge in [0.15, 0.2) is 5.16 Å². The van der Waals surface area contributed by atoms with Gasteiger partial charge in [-0.2, -0.15) is 4.98 Å². The molecule has 4 unspecified atom stereocenters. The van der Waals surface area contributed by atoms with Crippen molar-refractivity contribution in [2.45, 2.75) is 91.3 Å². The number of fused-ring (bicyclic) bond motifs is 4. The molecule has 1 aromatic rings. The molecular weight excluding hydrogens is 456 g/mol. The highest BCUT2D eigenvalue weighted by atomic mass is 32.2. The van der Waals surface area contributed by atoms with E-state index in [1.807, 2.05) is 6.92 Å². The van der Waals surface area contributed by atoms with E-state index in [2.05, 4.69) is 49.4 Å². The average molecular weight is 497 g/mol. The number of hydrogen-bond acceptors (Lipinski definition) is 5. The zero-order valence-corrected chi connectivity index (χ0v) is 22.8. The quantitative estimate of drug-likeness (QED) is 0.376. The maximum absolute atomic E-state index is 13.6. The predicted molar refractivity (Wildman–Crippen MR) is 141 cm³/mol. The van der Waals surface area contributed by atoms with Crippen LogP contribution in [0.2, 0.25) is 0 Å². The predicted octanol–water partition coefficient (Wildman–Crippen LogP) is 5.88. The van der Waals surface area contributed by atoms with Crippen LogP contribution in [0.25, 0.3) is 0 Å². The zero-order chi connectivity index (χ0) is 25.0. The molecule has 4 aliphatic rings. The van der Waals surface area contributed by atoms with Crippen molar-refractivity contribution < 1.29 is 9.53 Å². The van der Waals surface area contributed by atoms with Crippen LogP contribution in [0.5, 0.6) is 0 Å². The van der Waals surface area contributed by atoms with Crippen molar-refractivity contribution in [2.24, 2.45) is 28.6 Å². The Kier molecular flexibility index (Phi) is 6.56. The van der Waals surface area contributed by atoms with Gasteiger partial charge in [-0.25, -0.2) is 0 Å². The highest BCUT2D eigenvalue weighted by Gasteiger charge is 2.57. The van der Waals surface area contributed by atoms with Crippen molar-refractivity contribution in [3.05, 3.63) is 44.9 Å². The third-order valence-electron chi connectivity index (χ3n) is 9.71. The first-order chi connectivity index (χ1) is 16.6. The number of carbonyl (C=O) groups is 1. The van der Waals surface area contributed by atoms with Crippen LogP contribution >= 0.6 is 11.8 Å². The Morgan fingerprint density at radius 3 is 2.89 bits per heavy atom. The Bertz CT molecular complexity index is 1150. The number of allylic oxidation sites excluding steroid dienone is 4. The molecule has 3 aliphatic carbocycles. The van der Waals surface area contributed by atoms with E-state index < -0.39 is 5.41 Å². The second kappa shape index (κ2) is 9.24. The molecule has 35 heavy (non-hydrogen) atoms. The molecule has 6 heteroatoms. The van der Waals surface area contributed by atoms with Gasteiger partial charge in [0, 0.05) is 30.0 Å². The van der Waals surface area contributed by atoms with Gasteiger partial charge in [-0.1, -0.05) is 56.7 Å². The molecule has 1 aromatic heterocycles. The van der Waals surface area contributed by atoms with Crippen LogP contribution in [0.3, 0.4) is 0 Å². The van der Waals surface area contributed by atoms with E-state index >= 15 is 0 Å². The summed E-state index contributed by atoms with van der Waals surface area (Å²) in [5, 5.41) is 0.810. The largest absolute Gasteiger partial charge is 0.465 e. The minimum atomic E-state index is -0.478. The van der Waals surface area contributed by atoms with Crippen LogP contribution in [-0.2, 0) is 22.5 Å². The summed E-state index contributed by atoms with van der Waals surface area (Å²) in [6.45, 7) is 12.3. The maximum Gasteiger partial charge on any atom is 0.312 e. The Balaban J connectivity index is 1.32. The molecule has 0 aromatic carbocycles. The summed E-state index contributed by atoms with van der Waals surface area (Å²) in [6.07, 6.45) is 11.8. The summed E-state index contributed by atoms with van der Waals surface area (Å²) < 4.78 is 8.06. The SMILES string of the molecule is Cc1c(CCOC(=O)C2(C)CCCC3(C)C4CCC(C(C)C)=CC4=CCC23)c(=O)nc2n1CCS2. The van der Waals surface area contributed by atoms with Crippen molar-refractivity contribution in [1.82, 2.24) is 9.55 Å². The Morgan fingerprint density at radius 2 is 2.11 bits per heavy atom. The Hall–Kier alpha value is -1.82. The van der Waals surface area contributed by atoms with E-state index in [1.54, 1.807) is 17.3 Å². The van der Waals surface area contributed by atoms with Gasteiger partial charge in [-0.3, -0.25) is 9.59 Å². The molecule has 5 nitrogen and oxygen atoms in total. The average Bonchev–Trinajstić information content (AvgIpc) is 3.29. The smallest absolute Gasteiger partial charge is 0.312 e. The van der Waals surface area contributed by atoms with Crippen LogP contribution in [0.4, 0.5) is 0 Å². The van der Waals surface area contributed by atoms with Crippen molar-refractivity contribution >= 4 is 17.7 Å². The topological polar surface area (TPSA) is 61.2 Å². The van der Waals surface area contributed by atoms with Gasteiger partial charge in [0.05, 0.1) is 12.0 Å². The lowest BCUT2D eigenvalue weighted by atomic mass is 9.47.